The minimum atomic E-state index is -0.726. The molecule has 0 aliphatic heterocycles. The van der Waals surface area contributed by atoms with Gasteiger partial charge in [0.25, 0.3) is 0 Å². The van der Waals surface area contributed by atoms with Gasteiger partial charge in [0, 0.05) is 12.3 Å². The first kappa shape index (κ1) is 21.7. The molecule has 0 unspecified atom stereocenters. The SMILES string of the molecule is COc1ccc(C)cc1C(=O)COC(=O)/C=C/c1ccc(Oc2cccnc2)c(F)c1. The lowest BCUT2D eigenvalue weighted by atomic mass is 10.1. The summed E-state index contributed by atoms with van der Waals surface area (Å²) in [5, 5.41) is 0. The average Bonchev–Trinajstić information content (AvgIpc) is 2.78. The Morgan fingerprint density at radius 2 is 1.90 bits per heavy atom. The van der Waals surface area contributed by atoms with Crippen LogP contribution in [-0.2, 0) is 9.53 Å². The summed E-state index contributed by atoms with van der Waals surface area (Å²) in [5.41, 5.74) is 1.65. The van der Waals surface area contributed by atoms with E-state index in [0.29, 0.717) is 22.6 Å². The first-order chi connectivity index (χ1) is 15.0. The van der Waals surface area contributed by atoms with Gasteiger partial charge in [-0.25, -0.2) is 9.18 Å². The van der Waals surface area contributed by atoms with Crippen LogP contribution in [0.4, 0.5) is 4.39 Å². The minimum Gasteiger partial charge on any atom is -0.496 e. The Morgan fingerprint density at radius 1 is 1.10 bits per heavy atom. The maximum Gasteiger partial charge on any atom is 0.331 e. The summed E-state index contributed by atoms with van der Waals surface area (Å²) >= 11 is 0. The Bertz CT molecular complexity index is 1110. The maximum atomic E-state index is 14.3. The maximum absolute atomic E-state index is 14.3. The van der Waals surface area contributed by atoms with Gasteiger partial charge in [-0.05, 0) is 55.0 Å². The molecule has 0 radical (unpaired) electrons. The van der Waals surface area contributed by atoms with Gasteiger partial charge in [0.1, 0.15) is 11.5 Å². The van der Waals surface area contributed by atoms with Gasteiger partial charge in [-0.1, -0.05) is 17.7 Å². The topological polar surface area (TPSA) is 74.7 Å². The minimum absolute atomic E-state index is 0.0328. The molecule has 0 aliphatic rings. The van der Waals surface area contributed by atoms with Crippen LogP contribution in [0.2, 0.25) is 0 Å². The Kier molecular flexibility index (Phi) is 7.11. The van der Waals surface area contributed by atoms with Crippen molar-refractivity contribution < 1.29 is 28.2 Å². The molecular weight excluding hydrogens is 401 g/mol. The summed E-state index contributed by atoms with van der Waals surface area (Å²) in [6, 6.07) is 12.7. The number of nitrogens with zero attached hydrogens (tertiary/aromatic N) is 1. The Morgan fingerprint density at radius 3 is 2.61 bits per heavy atom. The summed E-state index contributed by atoms with van der Waals surface area (Å²) in [6.45, 7) is 1.41. The molecular formula is C24H20FNO5. The molecule has 158 valence electrons. The lowest BCUT2D eigenvalue weighted by Crippen LogP contribution is -2.13. The highest BCUT2D eigenvalue weighted by molar-refractivity contribution is 6.01. The van der Waals surface area contributed by atoms with Gasteiger partial charge < -0.3 is 14.2 Å². The van der Waals surface area contributed by atoms with Crippen LogP contribution < -0.4 is 9.47 Å². The van der Waals surface area contributed by atoms with E-state index in [2.05, 4.69) is 4.98 Å². The number of carbonyl (C=O) groups is 2. The number of ketones is 1. The van der Waals surface area contributed by atoms with Crippen molar-refractivity contribution in [3.8, 4) is 17.2 Å². The standard InChI is InChI=1S/C24H20FNO5/c1-16-5-8-22(29-2)19(12-16)21(27)15-30-24(28)10-7-17-6-9-23(20(25)13-17)31-18-4-3-11-26-14-18/h3-14H,15H2,1-2H3/b10-7+. The molecule has 7 heteroatoms. The molecule has 0 bridgehead atoms. The number of methoxy groups -OCH3 is 1. The van der Waals surface area contributed by atoms with Crippen molar-refractivity contribution in [1.29, 1.82) is 0 Å². The van der Waals surface area contributed by atoms with Crippen LogP contribution in [0.5, 0.6) is 17.2 Å². The Balaban J connectivity index is 1.58. The summed E-state index contributed by atoms with van der Waals surface area (Å²) in [7, 11) is 1.46. The molecule has 0 atom stereocenters. The van der Waals surface area contributed by atoms with Crippen molar-refractivity contribution in [2.75, 3.05) is 13.7 Å². The van der Waals surface area contributed by atoms with Crippen LogP contribution in [0, 0.1) is 12.7 Å². The van der Waals surface area contributed by atoms with E-state index in [1.807, 2.05) is 13.0 Å². The van der Waals surface area contributed by atoms with E-state index in [9.17, 15) is 14.0 Å². The number of rotatable bonds is 8. The summed E-state index contributed by atoms with van der Waals surface area (Å²) < 4.78 is 29.8. The van der Waals surface area contributed by atoms with Gasteiger partial charge in [0.2, 0.25) is 5.78 Å². The zero-order valence-corrected chi connectivity index (χ0v) is 17.0. The third-order valence-corrected chi connectivity index (χ3v) is 4.23. The van der Waals surface area contributed by atoms with Gasteiger partial charge in [-0.2, -0.15) is 0 Å². The zero-order valence-electron chi connectivity index (χ0n) is 17.0. The van der Waals surface area contributed by atoms with Crippen LogP contribution >= 0.6 is 0 Å². The largest absolute Gasteiger partial charge is 0.496 e. The molecule has 0 N–H and O–H groups in total. The molecule has 1 aromatic heterocycles. The van der Waals surface area contributed by atoms with Crippen LogP contribution in [0.15, 0.2) is 67.0 Å². The van der Waals surface area contributed by atoms with Crippen molar-refractivity contribution in [2.24, 2.45) is 0 Å². The fourth-order valence-electron chi connectivity index (χ4n) is 2.70. The first-order valence-corrected chi connectivity index (χ1v) is 9.36. The van der Waals surface area contributed by atoms with Gasteiger partial charge in [-0.15, -0.1) is 0 Å². The molecule has 0 fully saturated rings. The number of carbonyl (C=O) groups excluding carboxylic acids is 2. The van der Waals surface area contributed by atoms with Crippen LogP contribution in [0.25, 0.3) is 6.08 Å². The fourth-order valence-corrected chi connectivity index (χ4v) is 2.70. The number of ether oxygens (including phenoxy) is 3. The number of esters is 1. The lowest BCUT2D eigenvalue weighted by Gasteiger charge is -2.08. The second-order valence-electron chi connectivity index (χ2n) is 6.55. The number of aromatic nitrogens is 1. The second kappa shape index (κ2) is 10.2. The number of pyridine rings is 1. The predicted octanol–water partition coefficient (Wildman–Crippen LogP) is 4.77. The smallest absolute Gasteiger partial charge is 0.331 e. The number of hydrogen-bond acceptors (Lipinski definition) is 6. The quantitative estimate of drug-likeness (QED) is 0.296. The van der Waals surface area contributed by atoms with E-state index in [1.54, 1.807) is 36.5 Å². The van der Waals surface area contributed by atoms with Gasteiger partial charge in [0.15, 0.2) is 18.2 Å². The lowest BCUT2D eigenvalue weighted by molar-refractivity contribution is -0.136. The molecule has 2 aromatic carbocycles. The highest BCUT2D eigenvalue weighted by atomic mass is 19.1. The van der Waals surface area contributed by atoms with Gasteiger partial charge >= 0.3 is 5.97 Å². The van der Waals surface area contributed by atoms with Crippen molar-refractivity contribution >= 4 is 17.8 Å². The van der Waals surface area contributed by atoms with Crippen LogP contribution in [0.3, 0.4) is 0 Å². The number of halogens is 1. The zero-order chi connectivity index (χ0) is 22.2. The highest BCUT2D eigenvalue weighted by Gasteiger charge is 2.14. The molecule has 0 saturated carbocycles. The molecule has 0 aliphatic carbocycles. The van der Waals surface area contributed by atoms with E-state index in [-0.39, 0.29) is 11.5 Å². The van der Waals surface area contributed by atoms with Crippen molar-refractivity contribution in [2.45, 2.75) is 6.92 Å². The van der Waals surface area contributed by atoms with Crippen LogP contribution in [0.1, 0.15) is 21.5 Å². The average molecular weight is 421 g/mol. The number of benzene rings is 2. The van der Waals surface area contributed by atoms with Gasteiger partial charge in [0.05, 0.1) is 18.9 Å². The second-order valence-corrected chi connectivity index (χ2v) is 6.55. The molecule has 0 spiro atoms. The van der Waals surface area contributed by atoms with Crippen molar-refractivity contribution in [3.63, 3.8) is 0 Å². The highest BCUT2D eigenvalue weighted by Crippen LogP contribution is 2.25. The van der Waals surface area contributed by atoms with E-state index in [4.69, 9.17) is 14.2 Å². The number of hydrogen-bond donors (Lipinski definition) is 0. The Labute approximate surface area is 178 Å². The van der Waals surface area contributed by atoms with E-state index >= 15 is 0 Å². The van der Waals surface area contributed by atoms with Gasteiger partial charge in [-0.3, -0.25) is 9.78 Å². The molecule has 1 heterocycles. The van der Waals surface area contributed by atoms with Crippen molar-refractivity contribution in [3.05, 3.63) is 89.5 Å². The van der Waals surface area contributed by atoms with Crippen LogP contribution in [-0.4, -0.2) is 30.5 Å². The summed E-state index contributed by atoms with van der Waals surface area (Å²) in [4.78, 5) is 28.2. The molecule has 0 amide bonds. The Hall–Kier alpha value is -4.00. The molecule has 6 nitrogen and oxygen atoms in total. The van der Waals surface area contributed by atoms with E-state index < -0.39 is 18.4 Å². The number of Topliss-reactive ketones (excluding diaryl/α,β-unsaturated/α-hetero) is 1. The van der Waals surface area contributed by atoms with Crippen molar-refractivity contribution in [1.82, 2.24) is 4.98 Å². The summed E-state index contributed by atoms with van der Waals surface area (Å²) in [6.07, 6.45) is 5.56. The molecule has 3 rings (SSSR count). The molecule has 3 aromatic rings. The molecule has 0 saturated heterocycles. The fraction of sp³-hybridized carbons (Fsp3) is 0.125. The monoisotopic (exact) mass is 421 g/mol. The number of aryl methyl sites for hydroxylation is 1. The van der Waals surface area contributed by atoms with E-state index in [1.165, 1.54) is 31.5 Å². The molecule has 31 heavy (non-hydrogen) atoms. The third-order valence-electron chi connectivity index (χ3n) is 4.23. The van der Waals surface area contributed by atoms with E-state index in [0.717, 1.165) is 11.6 Å². The first-order valence-electron chi connectivity index (χ1n) is 9.36. The predicted molar refractivity (Wildman–Crippen MR) is 113 cm³/mol. The normalized spacial score (nSPS) is 10.7. The summed E-state index contributed by atoms with van der Waals surface area (Å²) in [5.74, 6) is -0.859. The third kappa shape index (κ3) is 5.99.